The molecule has 3 rings (SSSR count). The van der Waals surface area contributed by atoms with Gasteiger partial charge >= 0.3 is 6.18 Å². The Kier molecular flexibility index (Phi) is 6.40. The number of phenols is 1. The fourth-order valence-electron chi connectivity index (χ4n) is 2.55. The van der Waals surface area contributed by atoms with Crippen molar-refractivity contribution in [3.63, 3.8) is 0 Å². The average Bonchev–Trinajstić information content (AvgIpc) is 3.00. The number of nitrogens with one attached hydrogen (secondary N) is 2. The molecule has 0 aromatic heterocycles. The van der Waals surface area contributed by atoms with Gasteiger partial charge in [0.2, 0.25) is 11.8 Å². The van der Waals surface area contributed by atoms with E-state index in [1.807, 2.05) is 0 Å². The number of amidine groups is 1. The van der Waals surface area contributed by atoms with Crippen LogP contribution in [0.4, 0.5) is 18.9 Å². The molecule has 1 atom stereocenters. The normalized spacial score (nSPS) is 18.0. The first-order valence-electron chi connectivity index (χ1n) is 8.56. The van der Waals surface area contributed by atoms with Crippen LogP contribution in [0.1, 0.15) is 17.5 Å². The monoisotopic (exact) mass is 436 g/mol. The number of amides is 2. The Morgan fingerprint density at radius 3 is 2.73 bits per heavy atom. The van der Waals surface area contributed by atoms with E-state index in [9.17, 15) is 27.9 Å². The number of para-hydroxylation sites is 1. The van der Waals surface area contributed by atoms with Crippen LogP contribution in [0.2, 0.25) is 0 Å². The summed E-state index contributed by atoms with van der Waals surface area (Å²) in [6, 6.07) is 10.9. The van der Waals surface area contributed by atoms with Gasteiger partial charge in [-0.3, -0.25) is 9.59 Å². The highest BCUT2D eigenvalue weighted by Crippen LogP contribution is 2.34. The molecule has 1 aliphatic heterocycles. The number of rotatable bonds is 5. The molecule has 0 radical (unpaired) electrons. The largest absolute Gasteiger partial charge is 0.508 e. The highest BCUT2D eigenvalue weighted by atomic mass is 32.2. The minimum Gasteiger partial charge on any atom is -0.508 e. The molecule has 2 aromatic rings. The quantitative estimate of drug-likeness (QED) is 0.494. The van der Waals surface area contributed by atoms with Gasteiger partial charge in [-0.2, -0.15) is 18.3 Å². The SMILES string of the molecule is O=C(C[C@H]1S/C(=N/N=C\c2cccc(O)c2)NC1=O)Nc1ccccc1C(F)(F)F. The van der Waals surface area contributed by atoms with Crippen molar-refractivity contribution in [2.75, 3.05) is 5.32 Å². The molecular formula is C19H15F3N4O3S. The summed E-state index contributed by atoms with van der Waals surface area (Å²) in [5.41, 5.74) is -0.749. The van der Waals surface area contributed by atoms with Gasteiger partial charge in [0.15, 0.2) is 5.17 Å². The molecule has 156 valence electrons. The van der Waals surface area contributed by atoms with Crippen LogP contribution in [-0.4, -0.2) is 33.6 Å². The van der Waals surface area contributed by atoms with E-state index in [1.54, 1.807) is 12.1 Å². The van der Waals surface area contributed by atoms with E-state index in [0.29, 0.717) is 5.56 Å². The maximum absolute atomic E-state index is 13.0. The molecule has 2 aromatic carbocycles. The van der Waals surface area contributed by atoms with Gasteiger partial charge < -0.3 is 15.7 Å². The first-order valence-corrected chi connectivity index (χ1v) is 9.44. The van der Waals surface area contributed by atoms with Gasteiger partial charge in [-0.05, 0) is 29.8 Å². The third-order valence-electron chi connectivity index (χ3n) is 3.88. The van der Waals surface area contributed by atoms with E-state index in [0.717, 1.165) is 23.9 Å². The number of benzene rings is 2. The van der Waals surface area contributed by atoms with Crippen molar-refractivity contribution >= 4 is 40.6 Å². The second-order valence-electron chi connectivity index (χ2n) is 6.14. The number of hydrogen-bond donors (Lipinski definition) is 3. The Balaban J connectivity index is 1.60. The Labute approximate surface area is 173 Å². The number of anilines is 1. The van der Waals surface area contributed by atoms with Crippen LogP contribution in [0, 0.1) is 0 Å². The maximum atomic E-state index is 13.0. The topological polar surface area (TPSA) is 103 Å². The summed E-state index contributed by atoms with van der Waals surface area (Å²) in [6.07, 6.45) is -3.58. The zero-order chi connectivity index (χ0) is 21.7. The van der Waals surface area contributed by atoms with Crippen LogP contribution >= 0.6 is 11.8 Å². The minimum absolute atomic E-state index is 0.0633. The molecule has 1 saturated heterocycles. The predicted molar refractivity (Wildman–Crippen MR) is 107 cm³/mol. The van der Waals surface area contributed by atoms with E-state index in [-0.39, 0.29) is 23.0 Å². The predicted octanol–water partition coefficient (Wildman–Crippen LogP) is 3.36. The zero-order valence-electron chi connectivity index (χ0n) is 15.2. The molecular weight excluding hydrogens is 421 g/mol. The zero-order valence-corrected chi connectivity index (χ0v) is 16.0. The number of nitrogens with zero attached hydrogens (tertiary/aromatic N) is 2. The highest BCUT2D eigenvalue weighted by Gasteiger charge is 2.35. The fourth-order valence-corrected chi connectivity index (χ4v) is 3.47. The van der Waals surface area contributed by atoms with Gasteiger partial charge in [0.1, 0.15) is 11.0 Å². The van der Waals surface area contributed by atoms with Crippen LogP contribution in [0.5, 0.6) is 5.75 Å². The molecule has 0 bridgehead atoms. The van der Waals surface area contributed by atoms with Crippen LogP contribution in [-0.2, 0) is 15.8 Å². The standard InChI is InChI=1S/C19H15F3N4O3S/c20-19(21,22)13-6-1-2-7-14(13)24-16(28)9-15-17(29)25-18(30-15)26-23-10-11-4-3-5-12(27)8-11/h1-8,10,15,27H,9H2,(H,24,28)(H,25,26,29)/b23-10-/t15-/m1/s1. The number of alkyl halides is 3. The van der Waals surface area contributed by atoms with Crippen molar-refractivity contribution in [3.05, 3.63) is 59.7 Å². The summed E-state index contributed by atoms with van der Waals surface area (Å²) >= 11 is 0.949. The van der Waals surface area contributed by atoms with Crippen molar-refractivity contribution in [2.24, 2.45) is 10.2 Å². The molecule has 0 spiro atoms. The molecule has 3 N–H and O–H groups in total. The maximum Gasteiger partial charge on any atom is 0.418 e. The van der Waals surface area contributed by atoms with E-state index in [1.165, 1.54) is 30.5 Å². The van der Waals surface area contributed by atoms with Crippen molar-refractivity contribution in [2.45, 2.75) is 17.8 Å². The third kappa shape index (κ3) is 5.60. The second-order valence-corrected chi connectivity index (χ2v) is 7.33. The van der Waals surface area contributed by atoms with Gasteiger partial charge in [-0.1, -0.05) is 36.0 Å². The van der Waals surface area contributed by atoms with Crippen molar-refractivity contribution in [1.29, 1.82) is 0 Å². The number of halogens is 3. The first kappa shape index (κ1) is 21.4. The molecule has 0 aliphatic carbocycles. The Morgan fingerprint density at radius 1 is 1.23 bits per heavy atom. The van der Waals surface area contributed by atoms with E-state index < -0.39 is 28.8 Å². The van der Waals surface area contributed by atoms with E-state index in [4.69, 9.17) is 0 Å². The number of hydrogen-bond acceptors (Lipinski definition) is 6. The highest BCUT2D eigenvalue weighted by molar-refractivity contribution is 8.15. The Bertz CT molecular complexity index is 1020. The summed E-state index contributed by atoms with van der Waals surface area (Å²) in [7, 11) is 0. The van der Waals surface area contributed by atoms with Gasteiger partial charge in [-0.15, -0.1) is 5.10 Å². The second kappa shape index (κ2) is 8.99. The number of phenolic OH excluding ortho intramolecular Hbond substituents is 1. The van der Waals surface area contributed by atoms with Crippen LogP contribution in [0.25, 0.3) is 0 Å². The number of thioether (sulfide) groups is 1. The van der Waals surface area contributed by atoms with Crippen molar-refractivity contribution in [1.82, 2.24) is 5.32 Å². The van der Waals surface area contributed by atoms with Gasteiger partial charge in [-0.25, -0.2) is 0 Å². The molecule has 7 nitrogen and oxygen atoms in total. The third-order valence-corrected chi connectivity index (χ3v) is 4.95. The molecule has 1 fully saturated rings. The molecule has 1 heterocycles. The minimum atomic E-state index is -4.61. The van der Waals surface area contributed by atoms with Gasteiger partial charge in [0.25, 0.3) is 0 Å². The lowest BCUT2D eigenvalue weighted by Gasteiger charge is -2.14. The molecule has 30 heavy (non-hydrogen) atoms. The van der Waals surface area contributed by atoms with E-state index in [2.05, 4.69) is 20.8 Å². The summed E-state index contributed by atoms with van der Waals surface area (Å²) in [4.78, 5) is 24.2. The lowest BCUT2D eigenvalue weighted by molar-refractivity contribution is -0.137. The summed E-state index contributed by atoms with van der Waals surface area (Å²) in [5.74, 6) is -1.16. The Hall–Kier alpha value is -3.34. The van der Waals surface area contributed by atoms with E-state index >= 15 is 0 Å². The van der Waals surface area contributed by atoms with Crippen LogP contribution < -0.4 is 10.6 Å². The lowest BCUT2D eigenvalue weighted by atomic mass is 10.1. The molecule has 11 heteroatoms. The molecule has 0 saturated carbocycles. The van der Waals surface area contributed by atoms with Gasteiger partial charge in [0.05, 0.1) is 17.5 Å². The number of carbonyl (C=O) groups is 2. The van der Waals surface area contributed by atoms with Crippen molar-refractivity contribution in [3.8, 4) is 5.75 Å². The summed E-state index contributed by atoms with van der Waals surface area (Å²) in [6.45, 7) is 0. The smallest absolute Gasteiger partial charge is 0.418 e. The fraction of sp³-hybridized carbons (Fsp3) is 0.158. The molecule has 1 aliphatic rings. The molecule has 2 amide bonds. The Morgan fingerprint density at radius 2 is 2.00 bits per heavy atom. The first-order chi connectivity index (χ1) is 14.2. The van der Waals surface area contributed by atoms with Crippen molar-refractivity contribution < 1.29 is 27.9 Å². The lowest BCUT2D eigenvalue weighted by Crippen LogP contribution is -2.28. The van der Waals surface area contributed by atoms with Crippen LogP contribution in [0.3, 0.4) is 0 Å². The summed E-state index contributed by atoms with van der Waals surface area (Å²) in [5, 5.41) is 21.0. The summed E-state index contributed by atoms with van der Waals surface area (Å²) < 4.78 is 39.1. The van der Waals surface area contributed by atoms with Gasteiger partial charge in [0, 0.05) is 6.42 Å². The molecule has 0 unspecified atom stereocenters. The number of carbonyl (C=O) groups excluding carboxylic acids is 2. The van der Waals surface area contributed by atoms with Crippen LogP contribution in [0.15, 0.2) is 58.7 Å². The average molecular weight is 436 g/mol. The number of aromatic hydroxyl groups is 1.